The Balaban J connectivity index is 0.00000243. The zero-order chi connectivity index (χ0) is 18.2. The number of amides is 1. The number of guanidine groups is 1. The fourth-order valence-electron chi connectivity index (χ4n) is 2.81. The highest BCUT2D eigenvalue weighted by Gasteiger charge is 2.49. The van der Waals surface area contributed by atoms with E-state index in [1.807, 2.05) is 6.07 Å². The third kappa shape index (κ3) is 3.38. The Morgan fingerprint density at radius 1 is 1.08 bits per heavy atom. The van der Waals surface area contributed by atoms with Gasteiger partial charge in [0.2, 0.25) is 0 Å². The number of hydrogen-bond acceptors (Lipinski definition) is 6. The number of halogens is 1. The maximum Gasteiger partial charge on any atom is 0.306 e. The first-order valence-corrected chi connectivity index (χ1v) is 9.25. The van der Waals surface area contributed by atoms with Crippen LogP contribution in [0.1, 0.15) is 11.1 Å². The maximum absolute atomic E-state index is 13.0. The van der Waals surface area contributed by atoms with E-state index in [1.54, 1.807) is 43.4 Å². The highest BCUT2D eigenvalue weighted by Crippen LogP contribution is 2.40. The zero-order valence-electron chi connectivity index (χ0n) is 14.1. The lowest BCUT2D eigenvalue weighted by atomic mass is 9.83. The topological polar surface area (TPSA) is 102 Å². The van der Waals surface area contributed by atoms with Crippen LogP contribution in [0.15, 0.2) is 59.6 Å². The summed E-state index contributed by atoms with van der Waals surface area (Å²) in [5, 5.41) is 0. The number of nitrogens with zero attached hydrogens (tertiary/aromatic N) is 2. The summed E-state index contributed by atoms with van der Waals surface area (Å²) in [7, 11) is -2.15. The van der Waals surface area contributed by atoms with Crippen molar-refractivity contribution in [2.45, 2.75) is 5.54 Å². The van der Waals surface area contributed by atoms with Crippen molar-refractivity contribution in [3.63, 3.8) is 0 Å². The number of hydrogen-bond donors (Lipinski definition) is 1. The van der Waals surface area contributed by atoms with Gasteiger partial charge >= 0.3 is 10.1 Å². The van der Waals surface area contributed by atoms with Crippen LogP contribution in [0.5, 0.6) is 5.75 Å². The predicted molar refractivity (Wildman–Crippen MR) is 101 cm³/mol. The Hall–Kier alpha value is -2.58. The third-order valence-corrected chi connectivity index (χ3v) is 4.43. The minimum atomic E-state index is -3.69. The van der Waals surface area contributed by atoms with Gasteiger partial charge in [-0.15, -0.1) is 12.4 Å². The first kappa shape index (κ1) is 19.7. The largest absolute Gasteiger partial charge is 0.383 e. The van der Waals surface area contributed by atoms with Crippen molar-refractivity contribution in [3.8, 4) is 5.75 Å². The Morgan fingerprint density at radius 3 is 2.23 bits per heavy atom. The number of likely N-dealkylation sites (N-methyl/N-ethyl adjacent to an activating group) is 1. The van der Waals surface area contributed by atoms with Gasteiger partial charge < -0.3 is 9.92 Å². The van der Waals surface area contributed by atoms with Crippen LogP contribution in [-0.4, -0.2) is 38.5 Å². The number of rotatable bonds is 4. The predicted octanol–water partition coefficient (Wildman–Crippen LogP) is 1.48. The molecule has 0 aromatic heterocycles. The number of aliphatic imine (C=N–C) groups is 1. The molecule has 2 aromatic rings. The summed E-state index contributed by atoms with van der Waals surface area (Å²) in [6.07, 6.45) is 0.956. The quantitative estimate of drug-likeness (QED) is 0.790. The van der Waals surface area contributed by atoms with Gasteiger partial charge in [-0.3, -0.25) is 9.69 Å². The maximum atomic E-state index is 13.0. The number of nitrogens with two attached hydrogens (primary N) is 1. The smallest absolute Gasteiger partial charge is 0.306 e. The van der Waals surface area contributed by atoms with Gasteiger partial charge in [0.15, 0.2) is 11.5 Å². The van der Waals surface area contributed by atoms with Crippen molar-refractivity contribution in [2.24, 2.45) is 10.7 Å². The molecule has 1 atom stereocenters. The standard InChI is InChI=1S/C17H17N3O4S.ClH/c1-20-15(21)17(19-16(20)18,12-7-4-3-5-8-12)13-9-6-10-14(11-13)24-25(2,22)23;/h3-11H,1-2H3,(H2,18,19);1H. The molecule has 7 nitrogen and oxygen atoms in total. The lowest BCUT2D eigenvalue weighted by Crippen LogP contribution is -2.41. The van der Waals surface area contributed by atoms with E-state index in [1.165, 1.54) is 17.0 Å². The lowest BCUT2D eigenvalue weighted by molar-refractivity contribution is -0.129. The molecule has 3 rings (SSSR count). The fraction of sp³-hybridized carbons (Fsp3) is 0.176. The van der Waals surface area contributed by atoms with Crippen molar-refractivity contribution in [3.05, 3.63) is 65.7 Å². The molecule has 0 aliphatic carbocycles. The number of benzene rings is 2. The molecule has 0 spiro atoms. The highest BCUT2D eigenvalue weighted by molar-refractivity contribution is 7.86. The van der Waals surface area contributed by atoms with E-state index in [2.05, 4.69) is 4.99 Å². The summed E-state index contributed by atoms with van der Waals surface area (Å²) in [4.78, 5) is 18.7. The van der Waals surface area contributed by atoms with Crippen LogP contribution in [0.4, 0.5) is 0 Å². The summed E-state index contributed by atoms with van der Waals surface area (Å²) in [5.74, 6) is -0.137. The molecule has 1 amide bonds. The van der Waals surface area contributed by atoms with Gasteiger partial charge in [0, 0.05) is 7.05 Å². The second kappa shape index (κ2) is 6.97. The lowest BCUT2D eigenvalue weighted by Gasteiger charge is -2.26. The normalized spacial score (nSPS) is 19.7. The number of carbonyl (C=O) groups excluding carboxylic acids is 1. The van der Waals surface area contributed by atoms with Gasteiger partial charge in [-0.1, -0.05) is 42.5 Å². The van der Waals surface area contributed by atoms with Crippen molar-refractivity contribution in [2.75, 3.05) is 13.3 Å². The molecule has 1 unspecified atom stereocenters. The van der Waals surface area contributed by atoms with Crippen LogP contribution in [-0.2, 0) is 20.5 Å². The van der Waals surface area contributed by atoms with Crippen molar-refractivity contribution in [1.82, 2.24) is 4.90 Å². The second-order valence-electron chi connectivity index (χ2n) is 5.73. The molecule has 0 saturated heterocycles. The second-order valence-corrected chi connectivity index (χ2v) is 7.30. The minimum Gasteiger partial charge on any atom is -0.383 e. The zero-order valence-corrected chi connectivity index (χ0v) is 15.8. The summed E-state index contributed by atoms with van der Waals surface area (Å²) in [5.41, 5.74) is 5.61. The van der Waals surface area contributed by atoms with Crippen molar-refractivity contribution < 1.29 is 17.4 Å². The Kier molecular flexibility index (Phi) is 5.29. The van der Waals surface area contributed by atoms with Crippen LogP contribution in [0.25, 0.3) is 0 Å². The van der Waals surface area contributed by atoms with Gasteiger partial charge in [-0.2, -0.15) is 8.42 Å². The van der Waals surface area contributed by atoms with Crippen molar-refractivity contribution in [1.29, 1.82) is 0 Å². The fourth-order valence-corrected chi connectivity index (χ4v) is 3.26. The SMILES string of the molecule is CN1C(=O)C(c2ccccc2)(c2cccc(OS(C)(=O)=O)c2)N=C1N.Cl. The molecule has 9 heteroatoms. The van der Waals surface area contributed by atoms with Crippen LogP contribution in [0, 0.1) is 0 Å². The molecule has 138 valence electrons. The summed E-state index contributed by atoms with van der Waals surface area (Å²) in [6, 6.07) is 15.3. The molecule has 1 aliphatic rings. The summed E-state index contributed by atoms with van der Waals surface area (Å²) in [6.45, 7) is 0. The molecule has 0 fully saturated rings. The van der Waals surface area contributed by atoms with E-state index >= 15 is 0 Å². The number of carbonyl (C=O) groups is 1. The molecule has 0 saturated carbocycles. The Morgan fingerprint density at radius 2 is 1.69 bits per heavy atom. The molecular weight excluding hydrogens is 378 g/mol. The minimum absolute atomic E-state index is 0. The molecule has 26 heavy (non-hydrogen) atoms. The summed E-state index contributed by atoms with van der Waals surface area (Å²) >= 11 is 0. The molecule has 2 N–H and O–H groups in total. The molecule has 2 aromatic carbocycles. The average Bonchev–Trinajstić information content (AvgIpc) is 2.79. The van der Waals surface area contributed by atoms with E-state index in [-0.39, 0.29) is 30.0 Å². The van der Waals surface area contributed by atoms with E-state index in [0.717, 1.165) is 6.26 Å². The Bertz CT molecular complexity index is 963. The van der Waals surface area contributed by atoms with Crippen LogP contribution < -0.4 is 9.92 Å². The Labute approximate surface area is 158 Å². The monoisotopic (exact) mass is 395 g/mol. The van der Waals surface area contributed by atoms with Gasteiger partial charge in [0.25, 0.3) is 5.91 Å². The van der Waals surface area contributed by atoms with Gasteiger partial charge in [-0.05, 0) is 23.3 Å². The summed E-state index contributed by atoms with van der Waals surface area (Å²) < 4.78 is 27.8. The average molecular weight is 396 g/mol. The van der Waals surface area contributed by atoms with Gasteiger partial charge in [-0.25, -0.2) is 4.99 Å². The first-order chi connectivity index (χ1) is 11.7. The molecule has 0 bridgehead atoms. The molecular formula is C17H18ClN3O4S. The van der Waals surface area contributed by atoms with Crippen molar-refractivity contribution >= 4 is 34.4 Å². The first-order valence-electron chi connectivity index (χ1n) is 7.43. The van der Waals surface area contributed by atoms with Gasteiger partial charge in [0.05, 0.1) is 6.26 Å². The van der Waals surface area contributed by atoms with Crippen LogP contribution in [0.3, 0.4) is 0 Å². The van der Waals surface area contributed by atoms with Crippen LogP contribution in [0.2, 0.25) is 0 Å². The molecule has 1 aliphatic heterocycles. The van der Waals surface area contributed by atoms with Crippen LogP contribution >= 0.6 is 12.4 Å². The molecule has 1 heterocycles. The van der Waals surface area contributed by atoms with Gasteiger partial charge in [0.1, 0.15) is 5.75 Å². The molecule has 0 radical (unpaired) electrons. The van der Waals surface area contributed by atoms with E-state index in [9.17, 15) is 13.2 Å². The third-order valence-electron chi connectivity index (χ3n) is 3.93. The van der Waals surface area contributed by atoms with E-state index in [0.29, 0.717) is 11.1 Å². The van der Waals surface area contributed by atoms with E-state index in [4.69, 9.17) is 9.92 Å². The highest BCUT2D eigenvalue weighted by atomic mass is 35.5. The van der Waals surface area contributed by atoms with E-state index < -0.39 is 15.7 Å².